The second kappa shape index (κ2) is 7.01. The molecule has 0 aliphatic heterocycles. The van der Waals surface area contributed by atoms with Crippen molar-refractivity contribution >= 4 is 56.5 Å². The molecule has 5 aromatic carbocycles. The van der Waals surface area contributed by atoms with Gasteiger partial charge in [0, 0.05) is 10.9 Å². The van der Waals surface area contributed by atoms with Crippen molar-refractivity contribution in [3.05, 3.63) is 97.1 Å². The Balaban J connectivity index is 1.62. The Kier molecular flexibility index (Phi) is 4.21. The van der Waals surface area contributed by atoms with E-state index in [1.165, 1.54) is 48.5 Å². The molecule has 0 unspecified atom stereocenters. The van der Waals surface area contributed by atoms with Crippen molar-refractivity contribution in [1.82, 2.24) is 4.98 Å². The summed E-state index contributed by atoms with van der Waals surface area (Å²) in [6.07, 6.45) is 0. The van der Waals surface area contributed by atoms with E-state index in [2.05, 4.69) is 117 Å². The smallest absolute Gasteiger partial charge is 0.0776 e. The van der Waals surface area contributed by atoms with Gasteiger partial charge in [0.2, 0.25) is 0 Å². The maximum atomic E-state index is 5.16. The lowest BCUT2D eigenvalue weighted by molar-refractivity contribution is 1.42. The van der Waals surface area contributed by atoms with E-state index in [0.29, 0.717) is 0 Å². The summed E-state index contributed by atoms with van der Waals surface area (Å²) in [5, 5.41) is 10.4. The highest BCUT2D eigenvalue weighted by Gasteiger charge is 2.17. The predicted octanol–water partition coefficient (Wildman–Crippen LogP) is 7.91. The highest BCUT2D eigenvalue weighted by Crippen LogP contribution is 2.35. The predicted molar refractivity (Wildman–Crippen MR) is 143 cm³/mol. The fourth-order valence-electron chi connectivity index (χ4n) is 4.82. The number of pyridine rings is 1. The van der Waals surface area contributed by atoms with Crippen LogP contribution in [0.2, 0.25) is 19.6 Å². The van der Waals surface area contributed by atoms with Gasteiger partial charge < -0.3 is 0 Å². The first-order valence-electron chi connectivity index (χ1n) is 11.2. The molecule has 1 nitrogen and oxygen atoms in total. The van der Waals surface area contributed by atoms with Crippen LogP contribution in [-0.4, -0.2) is 13.1 Å². The number of nitrogens with zero attached hydrogens (tertiary/aromatic N) is 1. The largest absolute Gasteiger partial charge is 0.248 e. The fourth-order valence-corrected chi connectivity index (χ4v) is 5.98. The Labute approximate surface area is 189 Å². The molecule has 0 atom stereocenters. The van der Waals surface area contributed by atoms with Crippen molar-refractivity contribution < 1.29 is 0 Å². The van der Waals surface area contributed by atoms with Crippen LogP contribution >= 0.6 is 0 Å². The molecule has 0 fully saturated rings. The number of aromatic nitrogens is 1. The Morgan fingerprint density at radius 1 is 0.531 bits per heavy atom. The minimum absolute atomic E-state index is 1.03. The number of hydrogen-bond acceptors (Lipinski definition) is 1. The number of fused-ring (bicyclic) bond motifs is 6. The van der Waals surface area contributed by atoms with Crippen molar-refractivity contribution in [3.63, 3.8) is 0 Å². The maximum absolute atomic E-state index is 5.16. The molecule has 0 spiro atoms. The lowest BCUT2D eigenvalue weighted by Gasteiger charge is -2.18. The van der Waals surface area contributed by atoms with Gasteiger partial charge in [0.15, 0.2) is 0 Å². The topological polar surface area (TPSA) is 12.9 Å². The Hall–Kier alpha value is -3.49. The van der Waals surface area contributed by atoms with Crippen molar-refractivity contribution in [2.45, 2.75) is 19.6 Å². The van der Waals surface area contributed by atoms with Gasteiger partial charge in [-0.3, -0.25) is 0 Å². The normalized spacial score (nSPS) is 12.2. The Morgan fingerprint density at radius 3 is 2.06 bits per heavy atom. The minimum atomic E-state index is -1.38. The van der Waals surface area contributed by atoms with E-state index in [-0.39, 0.29) is 0 Å². The number of hydrogen-bond donors (Lipinski definition) is 0. The molecule has 6 rings (SSSR count). The van der Waals surface area contributed by atoms with Gasteiger partial charge in [-0.1, -0.05) is 104 Å². The first kappa shape index (κ1) is 19.2. The van der Waals surface area contributed by atoms with E-state index in [4.69, 9.17) is 4.98 Å². The molecule has 0 saturated carbocycles. The van der Waals surface area contributed by atoms with Crippen LogP contribution in [0.1, 0.15) is 0 Å². The summed E-state index contributed by atoms with van der Waals surface area (Å²) in [5.74, 6) is 0. The molecule has 0 N–H and O–H groups in total. The van der Waals surface area contributed by atoms with Crippen LogP contribution in [0.3, 0.4) is 0 Å². The van der Waals surface area contributed by atoms with E-state index >= 15 is 0 Å². The third-order valence-electron chi connectivity index (χ3n) is 6.60. The summed E-state index contributed by atoms with van der Waals surface area (Å²) in [4.78, 5) is 5.16. The van der Waals surface area contributed by atoms with Gasteiger partial charge in [0.05, 0.1) is 19.3 Å². The molecule has 2 heteroatoms. The van der Waals surface area contributed by atoms with Gasteiger partial charge in [-0.25, -0.2) is 4.98 Å². The summed E-state index contributed by atoms with van der Waals surface area (Å²) < 4.78 is 0. The van der Waals surface area contributed by atoms with Gasteiger partial charge in [-0.15, -0.1) is 0 Å². The third kappa shape index (κ3) is 3.02. The zero-order valence-electron chi connectivity index (χ0n) is 18.7. The van der Waals surface area contributed by atoms with E-state index in [0.717, 1.165) is 11.2 Å². The van der Waals surface area contributed by atoms with E-state index in [9.17, 15) is 0 Å². The zero-order valence-corrected chi connectivity index (χ0v) is 19.7. The van der Waals surface area contributed by atoms with Gasteiger partial charge >= 0.3 is 0 Å². The SMILES string of the molecule is C[Si](C)(C)c1ccc2ccc3nc(-c4cc5ccccc5c5ccccc45)ccc3c2c1. The van der Waals surface area contributed by atoms with Gasteiger partial charge in [-0.2, -0.15) is 0 Å². The van der Waals surface area contributed by atoms with Crippen molar-refractivity contribution in [2.24, 2.45) is 0 Å². The number of rotatable bonds is 2. The molecule has 32 heavy (non-hydrogen) atoms. The van der Waals surface area contributed by atoms with E-state index in [1.807, 2.05) is 0 Å². The quantitative estimate of drug-likeness (QED) is 0.202. The van der Waals surface area contributed by atoms with E-state index < -0.39 is 8.07 Å². The zero-order chi connectivity index (χ0) is 21.9. The third-order valence-corrected chi connectivity index (χ3v) is 8.64. The fraction of sp³-hybridized carbons (Fsp3) is 0.100. The molecule has 0 radical (unpaired) electrons. The van der Waals surface area contributed by atoms with Crippen molar-refractivity contribution in [1.29, 1.82) is 0 Å². The van der Waals surface area contributed by atoms with Crippen molar-refractivity contribution in [3.8, 4) is 11.3 Å². The highest BCUT2D eigenvalue weighted by molar-refractivity contribution is 6.88. The van der Waals surface area contributed by atoms with E-state index in [1.54, 1.807) is 0 Å². The molecule has 154 valence electrons. The van der Waals surface area contributed by atoms with Crippen LogP contribution in [0.15, 0.2) is 97.1 Å². The summed E-state index contributed by atoms with van der Waals surface area (Å²) in [6.45, 7) is 7.21. The van der Waals surface area contributed by atoms with Crippen LogP contribution in [0, 0.1) is 0 Å². The highest BCUT2D eigenvalue weighted by atomic mass is 28.3. The Bertz CT molecular complexity index is 1660. The molecule has 0 bridgehead atoms. The molecule has 1 aromatic heterocycles. The Morgan fingerprint density at radius 2 is 1.25 bits per heavy atom. The van der Waals surface area contributed by atoms with Crippen LogP contribution < -0.4 is 5.19 Å². The van der Waals surface area contributed by atoms with Crippen molar-refractivity contribution in [2.75, 3.05) is 0 Å². The molecule has 0 saturated heterocycles. The summed E-state index contributed by atoms with van der Waals surface area (Å²) in [5.41, 5.74) is 3.28. The van der Waals surface area contributed by atoms with Crippen LogP contribution in [-0.2, 0) is 0 Å². The van der Waals surface area contributed by atoms with Crippen LogP contribution in [0.5, 0.6) is 0 Å². The summed E-state index contributed by atoms with van der Waals surface area (Å²) in [7, 11) is -1.38. The molecular weight excluding hydrogens is 402 g/mol. The number of benzene rings is 5. The van der Waals surface area contributed by atoms with Gasteiger partial charge in [0.25, 0.3) is 0 Å². The second-order valence-electron chi connectivity index (χ2n) is 9.71. The summed E-state index contributed by atoms with van der Waals surface area (Å²) >= 11 is 0. The minimum Gasteiger partial charge on any atom is -0.248 e. The standard InChI is InChI=1S/C30H25NSi/c1-32(2,3)22-14-12-20-13-16-29-26(27(20)19-22)15-17-30(31-29)28-18-21-8-4-5-9-23(21)24-10-6-7-11-25(24)28/h4-19H,1-3H3. The molecule has 6 aromatic rings. The van der Waals surface area contributed by atoms with Gasteiger partial charge in [0.1, 0.15) is 0 Å². The molecule has 0 aliphatic carbocycles. The molecular formula is C30H25NSi. The van der Waals surface area contributed by atoms with Gasteiger partial charge in [-0.05, 0) is 50.5 Å². The summed E-state index contributed by atoms with van der Waals surface area (Å²) in [6, 6.07) is 35.4. The second-order valence-corrected chi connectivity index (χ2v) is 14.8. The first-order chi connectivity index (χ1) is 15.5. The first-order valence-corrected chi connectivity index (χ1v) is 14.7. The average Bonchev–Trinajstić information content (AvgIpc) is 2.82. The van der Waals surface area contributed by atoms with Crippen LogP contribution in [0.25, 0.3) is 54.5 Å². The average molecular weight is 428 g/mol. The molecule has 0 aliphatic rings. The van der Waals surface area contributed by atoms with Crippen LogP contribution in [0.4, 0.5) is 0 Å². The monoisotopic (exact) mass is 427 g/mol. The molecule has 1 heterocycles. The lowest BCUT2D eigenvalue weighted by Crippen LogP contribution is -2.37. The molecule has 0 amide bonds. The maximum Gasteiger partial charge on any atom is 0.0776 e. The lowest BCUT2D eigenvalue weighted by atomic mass is 9.95.